The van der Waals surface area contributed by atoms with Gasteiger partial charge in [-0.1, -0.05) is 19.1 Å². The van der Waals surface area contributed by atoms with E-state index < -0.39 is 11.9 Å². The number of carbonyl (C=O) groups is 2. The van der Waals surface area contributed by atoms with E-state index in [0.717, 1.165) is 4.90 Å². The molecule has 1 unspecified atom stereocenters. The summed E-state index contributed by atoms with van der Waals surface area (Å²) in [6.45, 7) is 1.82. The van der Waals surface area contributed by atoms with E-state index in [1.165, 1.54) is 6.20 Å². The van der Waals surface area contributed by atoms with E-state index in [0.29, 0.717) is 12.0 Å². The molecule has 1 aliphatic rings. The second-order valence-electron chi connectivity index (χ2n) is 3.71. The number of nitrogens with two attached hydrogens (primary N) is 1. The van der Waals surface area contributed by atoms with Crippen LogP contribution in [-0.4, -0.2) is 32.7 Å². The Kier molecular flexibility index (Phi) is 2.89. The maximum atomic E-state index is 12.1. The van der Waals surface area contributed by atoms with E-state index in [1.54, 1.807) is 12.1 Å². The third kappa shape index (κ3) is 1.70. The molecule has 2 heterocycles. The summed E-state index contributed by atoms with van der Waals surface area (Å²) >= 11 is 4.88. The summed E-state index contributed by atoms with van der Waals surface area (Å²) in [7, 11) is 0. The number of amides is 2. The quantitative estimate of drug-likeness (QED) is 0.631. The Balaban J connectivity index is 2.46. The van der Waals surface area contributed by atoms with Crippen molar-refractivity contribution in [2.45, 2.75) is 19.4 Å². The highest BCUT2D eigenvalue weighted by atomic mass is 32.1. The minimum Gasteiger partial charge on any atom is -0.392 e. The molecule has 6 heteroatoms. The molecule has 0 aliphatic carbocycles. The van der Waals surface area contributed by atoms with Gasteiger partial charge >= 0.3 is 0 Å². The van der Waals surface area contributed by atoms with Crippen LogP contribution in [-0.2, 0) is 0 Å². The summed E-state index contributed by atoms with van der Waals surface area (Å²) in [6, 6.07) is 2.66. The summed E-state index contributed by atoms with van der Waals surface area (Å²) in [5.74, 6) is -0.803. The molecule has 0 saturated heterocycles. The van der Waals surface area contributed by atoms with Crippen molar-refractivity contribution in [3.8, 4) is 0 Å². The van der Waals surface area contributed by atoms with Gasteiger partial charge in [0.05, 0.1) is 16.6 Å². The third-order valence-corrected chi connectivity index (χ3v) is 2.98. The second-order valence-corrected chi connectivity index (χ2v) is 4.18. The maximum Gasteiger partial charge on any atom is 0.280 e. The van der Waals surface area contributed by atoms with Gasteiger partial charge in [-0.3, -0.25) is 19.5 Å². The minimum atomic E-state index is -0.542. The molecule has 2 amide bonds. The molecule has 2 rings (SSSR count). The zero-order valence-electron chi connectivity index (χ0n) is 9.21. The predicted octanol–water partition coefficient (Wildman–Crippen LogP) is 0.742. The molecule has 0 fully saturated rings. The highest BCUT2D eigenvalue weighted by Gasteiger charge is 2.41. The lowest BCUT2D eigenvalue weighted by Crippen LogP contribution is -2.46. The molecule has 0 aromatic carbocycles. The maximum absolute atomic E-state index is 12.1. The fourth-order valence-corrected chi connectivity index (χ4v) is 2.15. The zero-order chi connectivity index (χ0) is 12.6. The Labute approximate surface area is 104 Å². The molecule has 0 saturated carbocycles. The van der Waals surface area contributed by atoms with Crippen molar-refractivity contribution in [1.29, 1.82) is 0 Å². The first-order valence-electron chi connectivity index (χ1n) is 5.20. The van der Waals surface area contributed by atoms with Crippen molar-refractivity contribution in [2.75, 3.05) is 0 Å². The van der Waals surface area contributed by atoms with Gasteiger partial charge in [-0.2, -0.15) is 0 Å². The molecule has 2 N–H and O–H groups in total. The molecule has 0 spiro atoms. The normalized spacial score (nSPS) is 15.9. The van der Waals surface area contributed by atoms with Crippen molar-refractivity contribution in [3.05, 3.63) is 29.6 Å². The average Bonchev–Trinajstić information content (AvgIpc) is 2.56. The van der Waals surface area contributed by atoms with Gasteiger partial charge in [-0.25, -0.2) is 0 Å². The minimum absolute atomic E-state index is 0.141. The smallest absolute Gasteiger partial charge is 0.280 e. The lowest BCUT2D eigenvalue weighted by atomic mass is 10.2. The van der Waals surface area contributed by atoms with Gasteiger partial charge in [-0.15, -0.1) is 0 Å². The number of nitrogens with zero attached hydrogens (tertiary/aromatic N) is 2. The number of thiocarbonyl (C=S) groups is 1. The molecule has 1 atom stereocenters. The van der Waals surface area contributed by atoms with Crippen LogP contribution in [0.2, 0.25) is 0 Å². The fourth-order valence-electron chi connectivity index (χ4n) is 1.88. The van der Waals surface area contributed by atoms with Crippen LogP contribution in [0.15, 0.2) is 18.3 Å². The molecule has 1 aromatic heterocycles. The standard InChI is InChI=1S/C11H11N3O2S/c1-2-7(9(12)17)14-10(15)6-4-3-5-13-8(6)11(14)16/h3-5,7H,2H2,1H3,(H2,12,17). The van der Waals surface area contributed by atoms with E-state index in [4.69, 9.17) is 18.0 Å². The first-order valence-corrected chi connectivity index (χ1v) is 5.61. The number of carbonyl (C=O) groups excluding carboxylic acids is 2. The second kappa shape index (κ2) is 4.21. The van der Waals surface area contributed by atoms with E-state index >= 15 is 0 Å². The number of pyridine rings is 1. The predicted molar refractivity (Wildman–Crippen MR) is 65.6 cm³/mol. The Morgan fingerprint density at radius 3 is 2.76 bits per heavy atom. The number of rotatable bonds is 3. The molecule has 5 nitrogen and oxygen atoms in total. The molecule has 1 aliphatic heterocycles. The van der Waals surface area contributed by atoms with Gasteiger partial charge in [0.25, 0.3) is 11.8 Å². The van der Waals surface area contributed by atoms with Crippen LogP contribution in [0.5, 0.6) is 0 Å². The highest BCUT2D eigenvalue weighted by molar-refractivity contribution is 7.80. The topological polar surface area (TPSA) is 76.3 Å². The monoisotopic (exact) mass is 249 g/mol. The Morgan fingerprint density at radius 2 is 2.24 bits per heavy atom. The van der Waals surface area contributed by atoms with Crippen LogP contribution < -0.4 is 5.73 Å². The van der Waals surface area contributed by atoms with Crippen molar-refractivity contribution >= 4 is 29.0 Å². The van der Waals surface area contributed by atoms with Crippen LogP contribution in [0.4, 0.5) is 0 Å². The Morgan fingerprint density at radius 1 is 1.53 bits per heavy atom. The van der Waals surface area contributed by atoms with Gasteiger partial charge < -0.3 is 5.73 Å². The number of aromatic nitrogens is 1. The summed E-state index contributed by atoms with van der Waals surface area (Å²) in [4.78, 5) is 29.3. The van der Waals surface area contributed by atoms with E-state index in [1.807, 2.05) is 6.92 Å². The van der Waals surface area contributed by atoms with Gasteiger partial charge in [0.1, 0.15) is 5.69 Å². The third-order valence-electron chi connectivity index (χ3n) is 2.71. The Bertz CT molecular complexity index is 480. The zero-order valence-corrected chi connectivity index (χ0v) is 10.0. The lowest BCUT2D eigenvalue weighted by molar-refractivity contribution is 0.0622. The van der Waals surface area contributed by atoms with Gasteiger partial charge in [-0.05, 0) is 18.6 Å². The van der Waals surface area contributed by atoms with Crippen LogP contribution >= 0.6 is 12.2 Å². The van der Waals surface area contributed by atoms with Crippen molar-refractivity contribution in [2.24, 2.45) is 5.73 Å². The molecule has 17 heavy (non-hydrogen) atoms. The van der Waals surface area contributed by atoms with Crippen LogP contribution in [0.3, 0.4) is 0 Å². The molecule has 1 aromatic rings. The number of fused-ring (bicyclic) bond motifs is 1. The SMILES string of the molecule is CCC(C(N)=S)N1C(=O)c2cccnc2C1=O. The number of hydrogen-bond donors (Lipinski definition) is 1. The number of hydrogen-bond acceptors (Lipinski definition) is 4. The van der Waals surface area contributed by atoms with Gasteiger partial charge in [0, 0.05) is 6.20 Å². The van der Waals surface area contributed by atoms with Crippen molar-refractivity contribution in [1.82, 2.24) is 9.88 Å². The summed E-state index contributed by atoms with van der Waals surface area (Å²) in [6.07, 6.45) is 1.98. The fraction of sp³-hybridized carbons (Fsp3) is 0.273. The number of imide groups is 1. The summed E-state index contributed by atoms with van der Waals surface area (Å²) in [5, 5.41) is 0. The van der Waals surface area contributed by atoms with Crippen LogP contribution in [0, 0.1) is 0 Å². The van der Waals surface area contributed by atoms with E-state index in [2.05, 4.69) is 4.98 Å². The van der Waals surface area contributed by atoms with Crippen LogP contribution in [0.1, 0.15) is 34.2 Å². The molecule has 88 valence electrons. The molecule has 0 bridgehead atoms. The first kappa shape index (κ1) is 11.7. The first-order chi connectivity index (χ1) is 8.07. The van der Waals surface area contributed by atoms with Crippen molar-refractivity contribution < 1.29 is 9.59 Å². The summed E-state index contributed by atoms with van der Waals surface area (Å²) in [5.41, 5.74) is 6.04. The van der Waals surface area contributed by atoms with Gasteiger partial charge in [0.15, 0.2) is 0 Å². The largest absolute Gasteiger partial charge is 0.392 e. The average molecular weight is 249 g/mol. The van der Waals surface area contributed by atoms with Gasteiger partial charge in [0.2, 0.25) is 0 Å². The Hall–Kier alpha value is -1.82. The molecular formula is C11H11N3O2S. The van der Waals surface area contributed by atoms with E-state index in [-0.39, 0.29) is 16.6 Å². The lowest BCUT2D eigenvalue weighted by Gasteiger charge is -2.23. The highest BCUT2D eigenvalue weighted by Crippen LogP contribution is 2.23. The van der Waals surface area contributed by atoms with Crippen LogP contribution in [0.25, 0.3) is 0 Å². The van der Waals surface area contributed by atoms with Crippen molar-refractivity contribution in [3.63, 3.8) is 0 Å². The summed E-state index contributed by atoms with van der Waals surface area (Å²) < 4.78 is 0. The molecule has 0 radical (unpaired) electrons. The van der Waals surface area contributed by atoms with E-state index in [9.17, 15) is 9.59 Å². The molecular weight excluding hydrogens is 238 g/mol.